The van der Waals surface area contributed by atoms with E-state index in [1.54, 1.807) is 6.08 Å². The first kappa shape index (κ1) is 11.2. The summed E-state index contributed by atoms with van der Waals surface area (Å²) in [5, 5.41) is 0. The van der Waals surface area contributed by atoms with Gasteiger partial charge in [0, 0.05) is 8.99 Å². The number of allylic oxidation sites excluding steroid dienone is 6. The minimum Gasteiger partial charge on any atom is -0.207 e. The summed E-state index contributed by atoms with van der Waals surface area (Å²) in [5.41, 5.74) is -0.223. The lowest BCUT2D eigenvalue weighted by atomic mass is 9.82. The zero-order chi connectivity index (χ0) is 9.90. The summed E-state index contributed by atoms with van der Waals surface area (Å²) < 4.78 is 13.8. The quantitative estimate of drug-likeness (QED) is 0.500. The van der Waals surface area contributed by atoms with Crippen molar-refractivity contribution >= 4 is 38.5 Å². The molecule has 1 rings (SSSR count). The lowest BCUT2D eigenvalue weighted by Gasteiger charge is -2.27. The topological polar surface area (TPSA) is 0 Å². The molecule has 0 aromatic heterocycles. The third kappa shape index (κ3) is 2.31. The van der Waals surface area contributed by atoms with Crippen LogP contribution in [0.4, 0.5) is 4.39 Å². The molecule has 0 spiro atoms. The molecular weight excluding hydrogens is 346 g/mol. The van der Waals surface area contributed by atoms with Gasteiger partial charge in [0.2, 0.25) is 0 Å². The molecule has 0 radical (unpaired) electrons. The van der Waals surface area contributed by atoms with Crippen LogP contribution in [-0.2, 0) is 0 Å². The Hall–Kier alpha value is 0.1000. The van der Waals surface area contributed by atoms with Gasteiger partial charge in [-0.05, 0) is 46.1 Å². The van der Waals surface area contributed by atoms with E-state index in [1.807, 2.05) is 17.1 Å². The summed E-state index contributed by atoms with van der Waals surface area (Å²) in [6, 6.07) is 0. The van der Waals surface area contributed by atoms with Crippen molar-refractivity contribution < 1.29 is 4.39 Å². The van der Waals surface area contributed by atoms with Gasteiger partial charge in [0.25, 0.3) is 0 Å². The Bertz CT molecular complexity index is 304. The van der Waals surface area contributed by atoms with Gasteiger partial charge in [-0.3, -0.25) is 0 Å². The van der Waals surface area contributed by atoms with Crippen molar-refractivity contribution in [2.24, 2.45) is 5.41 Å². The van der Waals surface area contributed by atoms with Crippen LogP contribution < -0.4 is 0 Å². The minimum atomic E-state index is -0.223. The Labute approximate surface area is 99.6 Å². The van der Waals surface area contributed by atoms with Gasteiger partial charge < -0.3 is 0 Å². The summed E-state index contributed by atoms with van der Waals surface area (Å²) in [6.07, 6.45) is 7.39. The highest BCUT2D eigenvalue weighted by Crippen LogP contribution is 2.42. The molecule has 0 saturated heterocycles. The predicted molar refractivity (Wildman–Crippen MR) is 66.6 cm³/mol. The molecular formula is C10H9BrFI. The van der Waals surface area contributed by atoms with Gasteiger partial charge >= 0.3 is 0 Å². The summed E-state index contributed by atoms with van der Waals surface area (Å²) in [7, 11) is 0. The van der Waals surface area contributed by atoms with Crippen molar-refractivity contribution in [3.05, 3.63) is 45.3 Å². The Morgan fingerprint density at radius 1 is 1.77 bits per heavy atom. The highest BCUT2D eigenvalue weighted by Gasteiger charge is 2.27. The highest BCUT2D eigenvalue weighted by atomic mass is 127. The maximum Gasteiger partial charge on any atom is 0.119 e. The summed E-state index contributed by atoms with van der Waals surface area (Å²) in [4.78, 5) is 1.84. The number of hydrogen-bond acceptors (Lipinski definition) is 0. The maximum atomic E-state index is 12.7. The van der Waals surface area contributed by atoms with E-state index in [4.69, 9.17) is 0 Å². The summed E-state index contributed by atoms with van der Waals surface area (Å²) >= 11 is 5.50. The molecule has 0 N–H and O–H groups in total. The van der Waals surface area contributed by atoms with E-state index in [2.05, 4.69) is 45.1 Å². The Morgan fingerprint density at radius 2 is 2.46 bits per heavy atom. The van der Waals surface area contributed by atoms with E-state index in [0.717, 1.165) is 3.58 Å². The average Bonchev–Trinajstić information content (AvgIpc) is 2.18. The van der Waals surface area contributed by atoms with Crippen molar-refractivity contribution in [1.82, 2.24) is 0 Å². The fourth-order valence-electron chi connectivity index (χ4n) is 1.16. The van der Waals surface area contributed by atoms with E-state index >= 15 is 0 Å². The molecule has 0 aromatic carbocycles. The van der Waals surface area contributed by atoms with E-state index < -0.39 is 0 Å². The van der Waals surface area contributed by atoms with Crippen molar-refractivity contribution in [3.8, 4) is 0 Å². The molecule has 1 aliphatic rings. The molecule has 1 atom stereocenters. The van der Waals surface area contributed by atoms with Crippen LogP contribution in [0.15, 0.2) is 45.3 Å². The van der Waals surface area contributed by atoms with E-state index in [-0.39, 0.29) is 11.2 Å². The van der Waals surface area contributed by atoms with Gasteiger partial charge in [-0.2, -0.15) is 0 Å². The Balaban J connectivity index is 3.00. The van der Waals surface area contributed by atoms with Crippen molar-refractivity contribution in [2.45, 2.75) is 6.42 Å². The van der Waals surface area contributed by atoms with Crippen LogP contribution in [0.25, 0.3) is 0 Å². The van der Waals surface area contributed by atoms with Gasteiger partial charge in [0.15, 0.2) is 0 Å². The van der Waals surface area contributed by atoms with Gasteiger partial charge in [0.05, 0.1) is 0 Å². The molecule has 0 aromatic rings. The van der Waals surface area contributed by atoms with Gasteiger partial charge in [-0.25, -0.2) is 4.39 Å². The van der Waals surface area contributed by atoms with Gasteiger partial charge in [0.1, 0.15) is 5.83 Å². The predicted octanol–water partition coefficient (Wildman–Crippen LogP) is 4.64. The van der Waals surface area contributed by atoms with Crippen LogP contribution in [0, 0.1) is 5.41 Å². The van der Waals surface area contributed by atoms with Crippen LogP contribution in [0.3, 0.4) is 0 Å². The lowest BCUT2D eigenvalue weighted by Crippen LogP contribution is -2.15. The molecule has 0 bridgehead atoms. The average molecular weight is 355 g/mol. The monoisotopic (exact) mass is 354 g/mol. The summed E-state index contributed by atoms with van der Waals surface area (Å²) in [6.45, 7) is 3.78. The van der Waals surface area contributed by atoms with Crippen molar-refractivity contribution in [1.29, 1.82) is 0 Å². The molecule has 1 unspecified atom stereocenters. The van der Waals surface area contributed by atoms with E-state index in [1.165, 1.54) is 6.08 Å². The van der Waals surface area contributed by atoms with E-state index in [0.29, 0.717) is 6.42 Å². The number of rotatable bonds is 2. The van der Waals surface area contributed by atoms with Crippen LogP contribution in [0.2, 0.25) is 0 Å². The second-order valence-corrected chi connectivity index (χ2v) is 4.45. The second kappa shape index (κ2) is 4.55. The summed E-state index contributed by atoms with van der Waals surface area (Å²) in [5.74, 6) is -0.170. The third-order valence-electron chi connectivity index (χ3n) is 2.08. The molecule has 70 valence electrons. The largest absolute Gasteiger partial charge is 0.207 e. The first-order valence-corrected chi connectivity index (χ1v) is 5.79. The molecule has 3 heteroatoms. The normalized spacial score (nSPS) is 28.5. The fourth-order valence-corrected chi connectivity index (χ4v) is 2.20. The third-order valence-corrected chi connectivity index (χ3v) is 4.71. The fraction of sp³-hybridized carbons (Fsp3) is 0.200. The highest BCUT2D eigenvalue weighted by molar-refractivity contribution is 14.1. The molecule has 13 heavy (non-hydrogen) atoms. The van der Waals surface area contributed by atoms with Gasteiger partial charge in [-0.1, -0.05) is 28.1 Å². The molecule has 0 aliphatic heterocycles. The molecule has 1 aliphatic carbocycles. The SMILES string of the molecule is C=CC1(C(I)=CBr)C=CC(F)=CC1. The Kier molecular flexibility index (Phi) is 3.91. The smallest absolute Gasteiger partial charge is 0.119 e. The Morgan fingerprint density at radius 3 is 2.85 bits per heavy atom. The van der Waals surface area contributed by atoms with Crippen LogP contribution in [0.5, 0.6) is 0 Å². The van der Waals surface area contributed by atoms with Gasteiger partial charge in [-0.15, -0.1) is 6.58 Å². The van der Waals surface area contributed by atoms with Crippen LogP contribution in [0.1, 0.15) is 6.42 Å². The standard InChI is InChI=1S/C10H9BrFI/c1-2-10(9(13)7-11)5-3-8(12)4-6-10/h2-5,7H,1,6H2. The van der Waals surface area contributed by atoms with Crippen LogP contribution in [-0.4, -0.2) is 0 Å². The number of hydrogen-bond donors (Lipinski definition) is 0. The molecule has 0 fully saturated rings. The second-order valence-electron chi connectivity index (χ2n) is 2.83. The van der Waals surface area contributed by atoms with Crippen molar-refractivity contribution in [3.63, 3.8) is 0 Å². The lowest BCUT2D eigenvalue weighted by molar-refractivity contribution is 0.581. The zero-order valence-corrected chi connectivity index (χ0v) is 10.7. The van der Waals surface area contributed by atoms with Crippen molar-refractivity contribution in [2.75, 3.05) is 0 Å². The molecule has 0 nitrogen and oxygen atoms in total. The van der Waals surface area contributed by atoms with Crippen LogP contribution >= 0.6 is 38.5 Å². The first-order valence-electron chi connectivity index (χ1n) is 3.79. The maximum absolute atomic E-state index is 12.7. The minimum absolute atomic E-state index is 0.170. The molecule has 0 amide bonds. The molecule has 0 heterocycles. The molecule has 0 saturated carbocycles. The zero-order valence-electron chi connectivity index (χ0n) is 6.93. The number of halogens is 3. The first-order chi connectivity index (χ1) is 6.14. The van der Waals surface area contributed by atoms with E-state index in [9.17, 15) is 4.39 Å².